The predicted octanol–water partition coefficient (Wildman–Crippen LogP) is -1.58. The molecule has 2 atom stereocenters. The molecule has 1 rings (SSSR count). The van der Waals surface area contributed by atoms with Crippen LogP contribution in [0.5, 0.6) is 0 Å². The number of rotatable bonds is 3. The average molecular weight is 203 g/mol. The van der Waals surface area contributed by atoms with Crippen LogP contribution in [-0.4, -0.2) is 57.4 Å². The minimum absolute atomic E-state index is 0.0830. The maximum Gasteiger partial charge on any atom is 0.303 e. The number of carbonyl (C=O) groups excluding carboxylic acids is 1. The lowest BCUT2D eigenvalue weighted by molar-refractivity contribution is -0.140. The number of aliphatic hydroxyl groups excluding tert-OH is 2. The van der Waals surface area contributed by atoms with E-state index in [9.17, 15) is 9.59 Å². The zero-order valence-corrected chi connectivity index (χ0v) is 7.59. The number of likely N-dealkylation sites (tertiary alicyclic amines) is 1. The fraction of sp³-hybridized carbons (Fsp3) is 0.750. The normalized spacial score (nSPS) is 26.6. The van der Waals surface area contributed by atoms with Crippen LogP contribution in [0.15, 0.2) is 0 Å². The molecule has 80 valence electrons. The van der Waals surface area contributed by atoms with Crippen molar-refractivity contribution < 1.29 is 24.9 Å². The van der Waals surface area contributed by atoms with Crippen molar-refractivity contribution in [2.45, 2.75) is 25.0 Å². The van der Waals surface area contributed by atoms with Gasteiger partial charge in [-0.15, -0.1) is 0 Å². The smallest absolute Gasteiger partial charge is 0.303 e. The first-order valence-corrected chi connectivity index (χ1v) is 4.36. The molecule has 6 nitrogen and oxygen atoms in total. The maximum atomic E-state index is 11.3. The van der Waals surface area contributed by atoms with Gasteiger partial charge >= 0.3 is 5.97 Å². The van der Waals surface area contributed by atoms with Gasteiger partial charge in [0.15, 0.2) is 0 Å². The molecule has 1 aliphatic rings. The molecule has 0 aromatic rings. The summed E-state index contributed by atoms with van der Waals surface area (Å²) in [6.07, 6.45) is -2.14. The Morgan fingerprint density at radius 2 is 1.64 bits per heavy atom. The maximum absolute atomic E-state index is 11.3. The van der Waals surface area contributed by atoms with Gasteiger partial charge in [0.2, 0.25) is 5.91 Å². The lowest BCUT2D eigenvalue weighted by Crippen LogP contribution is -2.30. The van der Waals surface area contributed by atoms with Crippen LogP contribution in [0.1, 0.15) is 12.8 Å². The highest BCUT2D eigenvalue weighted by Crippen LogP contribution is 2.11. The SMILES string of the molecule is O=C(O)CCC(=O)N1C[C@@H](O)[C@@H](O)C1. The Labute approximate surface area is 80.8 Å². The molecule has 0 unspecified atom stereocenters. The fourth-order valence-corrected chi connectivity index (χ4v) is 1.35. The first-order chi connectivity index (χ1) is 6.50. The van der Waals surface area contributed by atoms with Gasteiger partial charge < -0.3 is 20.2 Å². The van der Waals surface area contributed by atoms with Crippen LogP contribution < -0.4 is 0 Å². The molecule has 3 N–H and O–H groups in total. The second kappa shape index (κ2) is 4.39. The molecule has 6 heteroatoms. The van der Waals surface area contributed by atoms with Crippen LogP contribution in [0.4, 0.5) is 0 Å². The van der Waals surface area contributed by atoms with Gasteiger partial charge in [0, 0.05) is 19.5 Å². The van der Waals surface area contributed by atoms with Gasteiger partial charge in [-0.1, -0.05) is 0 Å². The summed E-state index contributed by atoms with van der Waals surface area (Å²) in [7, 11) is 0. The van der Waals surface area contributed by atoms with E-state index in [0.29, 0.717) is 0 Å². The monoisotopic (exact) mass is 203 g/mol. The Bertz CT molecular complexity index is 232. The van der Waals surface area contributed by atoms with E-state index in [0.717, 1.165) is 0 Å². The minimum Gasteiger partial charge on any atom is -0.481 e. The number of carboxylic acids is 1. The third-order valence-electron chi connectivity index (χ3n) is 2.16. The quantitative estimate of drug-likeness (QED) is 0.514. The van der Waals surface area contributed by atoms with Gasteiger partial charge in [0.1, 0.15) is 0 Å². The molecular formula is C8H13NO5. The van der Waals surface area contributed by atoms with Gasteiger partial charge in [0.25, 0.3) is 0 Å². The molecule has 14 heavy (non-hydrogen) atoms. The van der Waals surface area contributed by atoms with E-state index in [1.165, 1.54) is 4.90 Å². The summed E-state index contributed by atoms with van der Waals surface area (Å²) < 4.78 is 0. The van der Waals surface area contributed by atoms with Crippen molar-refractivity contribution in [3.8, 4) is 0 Å². The second-order valence-electron chi connectivity index (χ2n) is 3.33. The number of nitrogens with zero attached hydrogens (tertiary/aromatic N) is 1. The first-order valence-electron chi connectivity index (χ1n) is 4.36. The third-order valence-corrected chi connectivity index (χ3v) is 2.16. The van der Waals surface area contributed by atoms with Gasteiger partial charge in [-0.25, -0.2) is 0 Å². The lowest BCUT2D eigenvalue weighted by atomic mass is 10.3. The third kappa shape index (κ3) is 2.68. The average Bonchev–Trinajstić information content (AvgIpc) is 2.43. The molecular weight excluding hydrogens is 190 g/mol. The van der Waals surface area contributed by atoms with Crippen molar-refractivity contribution in [2.75, 3.05) is 13.1 Å². The predicted molar refractivity (Wildman–Crippen MR) is 45.5 cm³/mol. The van der Waals surface area contributed by atoms with Crippen LogP contribution >= 0.6 is 0 Å². The summed E-state index contributed by atoms with van der Waals surface area (Å²) in [4.78, 5) is 22.7. The Hall–Kier alpha value is -1.14. The molecule has 1 fully saturated rings. The fourth-order valence-electron chi connectivity index (χ4n) is 1.35. The second-order valence-corrected chi connectivity index (χ2v) is 3.33. The van der Waals surface area contributed by atoms with E-state index in [1.54, 1.807) is 0 Å². The molecule has 0 radical (unpaired) electrons. The Morgan fingerprint density at radius 3 is 2.07 bits per heavy atom. The van der Waals surface area contributed by atoms with Gasteiger partial charge in [0.05, 0.1) is 18.6 Å². The van der Waals surface area contributed by atoms with Crippen LogP contribution in [0.3, 0.4) is 0 Å². The molecule has 0 aromatic heterocycles. The molecule has 1 heterocycles. The molecule has 0 aliphatic carbocycles. The van der Waals surface area contributed by atoms with E-state index in [2.05, 4.69) is 0 Å². The topological polar surface area (TPSA) is 98.1 Å². The van der Waals surface area contributed by atoms with Crippen molar-refractivity contribution >= 4 is 11.9 Å². The van der Waals surface area contributed by atoms with E-state index in [4.69, 9.17) is 15.3 Å². The number of carbonyl (C=O) groups is 2. The summed E-state index contributed by atoms with van der Waals surface area (Å²) >= 11 is 0. The highest BCUT2D eigenvalue weighted by Gasteiger charge is 2.32. The van der Waals surface area contributed by atoms with Crippen LogP contribution in [0.25, 0.3) is 0 Å². The largest absolute Gasteiger partial charge is 0.481 e. The molecule has 0 aromatic carbocycles. The lowest BCUT2D eigenvalue weighted by Gasteiger charge is -2.14. The number of amides is 1. The zero-order valence-electron chi connectivity index (χ0n) is 7.59. The number of aliphatic hydroxyl groups is 2. The zero-order chi connectivity index (χ0) is 10.7. The van der Waals surface area contributed by atoms with Crippen molar-refractivity contribution in [1.82, 2.24) is 4.90 Å². The van der Waals surface area contributed by atoms with Crippen molar-refractivity contribution in [1.29, 1.82) is 0 Å². The molecule has 1 saturated heterocycles. The van der Waals surface area contributed by atoms with E-state index >= 15 is 0 Å². The molecule has 0 bridgehead atoms. The molecule has 1 aliphatic heterocycles. The van der Waals surface area contributed by atoms with E-state index in [-0.39, 0.29) is 31.8 Å². The van der Waals surface area contributed by atoms with Crippen LogP contribution in [-0.2, 0) is 9.59 Å². The number of hydrogen-bond acceptors (Lipinski definition) is 4. The Kier molecular flexibility index (Phi) is 3.43. The molecule has 0 saturated carbocycles. The van der Waals surface area contributed by atoms with Gasteiger partial charge in [-0.2, -0.15) is 0 Å². The minimum atomic E-state index is -1.03. The number of hydrogen-bond donors (Lipinski definition) is 3. The summed E-state index contributed by atoms with van der Waals surface area (Å²) in [5, 5.41) is 26.6. The highest BCUT2D eigenvalue weighted by molar-refractivity contribution is 5.81. The highest BCUT2D eigenvalue weighted by atomic mass is 16.4. The van der Waals surface area contributed by atoms with Crippen LogP contribution in [0, 0.1) is 0 Å². The van der Waals surface area contributed by atoms with E-state index in [1.807, 2.05) is 0 Å². The summed E-state index contributed by atoms with van der Waals surface area (Å²) in [5.41, 5.74) is 0. The Morgan fingerprint density at radius 1 is 1.14 bits per heavy atom. The first kappa shape index (κ1) is 10.9. The van der Waals surface area contributed by atoms with Gasteiger partial charge in [-0.05, 0) is 0 Å². The van der Waals surface area contributed by atoms with Crippen molar-refractivity contribution in [2.24, 2.45) is 0 Å². The van der Waals surface area contributed by atoms with Crippen molar-refractivity contribution in [3.63, 3.8) is 0 Å². The van der Waals surface area contributed by atoms with E-state index < -0.39 is 18.2 Å². The molecule has 1 amide bonds. The summed E-state index contributed by atoms with van der Waals surface area (Å²) in [5.74, 6) is -1.37. The van der Waals surface area contributed by atoms with Crippen LogP contribution in [0.2, 0.25) is 0 Å². The summed E-state index contributed by atoms with van der Waals surface area (Å²) in [6.45, 7) is 0.166. The van der Waals surface area contributed by atoms with Crippen molar-refractivity contribution in [3.05, 3.63) is 0 Å². The van der Waals surface area contributed by atoms with Gasteiger partial charge in [-0.3, -0.25) is 9.59 Å². The summed E-state index contributed by atoms with van der Waals surface area (Å²) in [6, 6.07) is 0. The Balaban J connectivity index is 2.36. The number of β-amino-alcohol motifs (C(OH)–C–C–N with tert-alkyl or cyclic N) is 2. The number of aliphatic carboxylic acids is 1. The molecule has 0 spiro atoms. The number of carboxylic acid groups (broad SMARTS) is 1. The standard InChI is InChI=1S/C8H13NO5/c10-5-3-9(4-6(5)11)7(12)1-2-8(13)14/h5-6,10-11H,1-4H2,(H,13,14)/t5-,6+.